The molecule has 1 aromatic heterocycles. The van der Waals surface area contributed by atoms with Gasteiger partial charge in [0.2, 0.25) is 5.91 Å². The van der Waals surface area contributed by atoms with Crippen molar-refractivity contribution in [3.8, 4) is 0 Å². The summed E-state index contributed by atoms with van der Waals surface area (Å²) in [5.41, 5.74) is 2.07. The Morgan fingerprint density at radius 3 is 2.62 bits per heavy atom. The van der Waals surface area contributed by atoms with Crippen LogP contribution in [0.1, 0.15) is 37.7 Å². The molecule has 1 atom stereocenters. The quantitative estimate of drug-likeness (QED) is 0.847. The van der Waals surface area contributed by atoms with Crippen molar-refractivity contribution >= 4 is 11.6 Å². The Morgan fingerprint density at radius 1 is 1.07 bits per heavy atom. The second-order valence-corrected chi connectivity index (χ2v) is 8.48. The molecule has 3 heterocycles. The predicted octanol–water partition coefficient (Wildman–Crippen LogP) is 2.86. The molecular formula is C23H30N4O2. The van der Waals surface area contributed by atoms with Gasteiger partial charge in [0.25, 0.3) is 5.56 Å². The number of benzene rings is 1. The van der Waals surface area contributed by atoms with Crippen molar-refractivity contribution in [2.75, 3.05) is 31.1 Å². The van der Waals surface area contributed by atoms with Gasteiger partial charge >= 0.3 is 0 Å². The van der Waals surface area contributed by atoms with E-state index in [0.29, 0.717) is 24.2 Å². The maximum atomic E-state index is 12.9. The van der Waals surface area contributed by atoms with Crippen molar-refractivity contribution in [2.45, 2.75) is 38.5 Å². The SMILES string of the molecule is O=C(CC1CCCN(c2cn[nH]c(=O)c2)C1)N1CCC(Cc2ccccc2)CC1. The summed E-state index contributed by atoms with van der Waals surface area (Å²) in [5, 5.41) is 6.32. The smallest absolute Gasteiger partial charge is 0.266 e. The minimum Gasteiger partial charge on any atom is -0.370 e. The van der Waals surface area contributed by atoms with E-state index in [0.717, 1.165) is 64.0 Å². The van der Waals surface area contributed by atoms with Gasteiger partial charge in [0.1, 0.15) is 0 Å². The molecule has 0 bridgehead atoms. The van der Waals surface area contributed by atoms with Crippen LogP contribution in [0.25, 0.3) is 0 Å². The molecular weight excluding hydrogens is 364 g/mol. The first-order valence-corrected chi connectivity index (χ1v) is 10.8. The number of piperidine rings is 2. The van der Waals surface area contributed by atoms with E-state index in [9.17, 15) is 9.59 Å². The molecule has 154 valence electrons. The lowest BCUT2D eigenvalue weighted by atomic mass is 9.89. The van der Waals surface area contributed by atoms with Crippen molar-refractivity contribution in [2.24, 2.45) is 11.8 Å². The molecule has 6 heteroatoms. The van der Waals surface area contributed by atoms with Crippen LogP contribution in [0.3, 0.4) is 0 Å². The number of amides is 1. The molecule has 0 saturated carbocycles. The Kier molecular flexibility index (Phi) is 6.27. The molecule has 2 saturated heterocycles. The lowest BCUT2D eigenvalue weighted by Gasteiger charge is -2.36. The lowest BCUT2D eigenvalue weighted by molar-refractivity contribution is -0.133. The van der Waals surface area contributed by atoms with Gasteiger partial charge in [-0.05, 0) is 49.5 Å². The summed E-state index contributed by atoms with van der Waals surface area (Å²) >= 11 is 0. The van der Waals surface area contributed by atoms with Crippen molar-refractivity contribution in [3.63, 3.8) is 0 Å². The van der Waals surface area contributed by atoms with E-state index in [1.54, 1.807) is 12.3 Å². The van der Waals surface area contributed by atoms with Crippen molar-refractivity contribution < 1.29 is 4.79 Å². The number of nitrogens with one attached hydrogen (secondary N) is 1. The van der Waals surface area contributed by atoms with Crippen molar-refractivity contribution in [3.05, 3.63) is 58.5 Å². The third kappa shape index (κ3) is 5.25. The third-order valence-corrected chi connectivity index (χ3v) is 6.33. The fourth-order valence-corrected chi connectivity index (χ4v) is 4.71. The Labute approximate surface area is 171 Å². The van der Waals surface area contributed by atoms with E-state index < -0.39 is 0 Å². The van der Waals surface area contributed by atoms with E-state index in [2.05, 4.69) is 50.3 Å². The molecule has 2 aliphatic heterocycles. The van der Waals surface area contributed by atoms with Crippen LogP contribution in [0, 0.1) is 11.8 Å². The first-order chi connectivity index (χ1) is 14.2. The molecule has 1 aromatic carbocycles. The molecule has 29 heavy (non-hydrogen) atoms. The number of aromatic nitrogens is 2. The summed E-state index contributed by atoms with van der Waals surface area (Å²) in [5.74, 6) is 1.31. The summed E-state index contributed by atoms with van der Waals surface area (Å²) < 4.78 is 0. The minimum absolute atomic E-state index is 0.181. The van der Waals surface area contributed by atoms with Crippen LogP contribution in [-0.2, 0) is 11.2 Å². The number of carbonyl (C=O) groups is 1. The highest BCUT2D eigenvalue weighted by Gasteiger charge is 2.27. The van der Waals surface area contributed by atoms with E-state index in [-0.39, 0.29) is 5.56 Å². The summed E-state index contributed by atoms with van der Waals surface area (Å²) in [4.78, 5) is 28.7. The van der Waals surface area contributed by atoms with Gasteiger partial charge in [0.05, 0.1) is 11.9 Å². The zero-order valence-corrected chi connectivity index (χ0v) is 16.9. The molecule has 2 fully saturated rings. The normalized spacial score (nSPS) is 20.6. The maximum Gasteiger partial charge on any atom is 0.266 e. The standard InChI is InChI=1S/C23H30N4O2/c28-22-15-21(16-24-25-22)27-10-4-7-20(17-27)14-23(29)26-11-8-19(9-12-26)13-18-5-2-1-3-6-18/h1-3,5-6,15-16,19-20H,4,7-14,17H2,(H,25,28). The number of likely N-dealkylation sites (tertiary alicyclic amines) is 1. The highest BCUT2D eigenvalue weighted by Crippen LogP contribution is 2.26. The molecule has 0 spiro atoms. The Hall–Kier alpha value is -2.63. The lowest BCUT2D eigenvalue weighted by Crippen LogP contribution is -2.42. The topological polar surface area (TPSA) is 69.3 Å². The molecule has 2 aromatic rings. The monoisotopic (exact) mass is 394 g/mol. The summed E-state index contributed by atoms with van der Waals surface area (Å²) in [6, 6.07) is 12.2. The molecule has 1 amide bonds. The molecule has 0 aliphatic carbocycles. The van der Waals surface area contributed by atoms with E-state index >= 15 is 0 Å². The number of carbonyl (C=O) groups excluding carboxylic acids is 1. The third-order valence-electron chi connectivity index (χ3n) is 6.33. The van der Waals surface area contributed by atoms with Crippen LogP contribution in [0.5, 0.6) is 0 Å². The van der Waals surface area contributed by atoms with Crippen LogP contribution in [-0.4, -0.2) is 47.2 Å². The van der Waals surface area contributed by atoms with Crippen LogP contribution in [0.2, 0.25) is 0 Å². The molecule has 4 rings (SSSR count). The average Bonchev–Trinajstić information content (AvgIpc) is 2.75. The fourth-order valence-electron chi connectivity index (χ4n) is 4.71. The van der Waals surface area contributed by atoms with E-state index in [1.807, 2.05) is 0 Å². The van der Waals surface area contributed by atoms with Gasteiger partial charge in [-0.3, -0.25) is 9.59 Å². The largest absolute Gasteiger partial charge is 0.370 e. The van der Waals surface area contributed by atoms with Gasteiger partial charge < -0.3 is 9.80 Å². The molecule has 1 unspecified atom stereocenters. The van der Waals surface area contributed by atoms with Crippen LogP contribution in [0.4, 0.5) is 5.69 Å². The zero-order chi connectivity index (χ0) is 20.1. The fraction of sp³-hybridized carbons (Fsp3) is 0.522. The number of hydrogen-bond donors (Lipinski definition) is 1. The first-order valence-electron chi connectivity index (χ1n) is 10.8. The maximum absolute atomic E-state index is 12.9. The average molecular weight is 395 g/mol. The number of anilines is 1. The molecule has 0 radical (unpaired) electrons. The predicted molar refractivity (Wildman–Crippen MR) is 114 cm³/mol. The van der Waals surface area contributed by atoms with E-state index in [1.165, 1.54) is 5.56 Å². The number of nitrogens with zero attached hydrogens (tertiary/aromatic N) is 3. The summed E-state index contributed by atoms with van der Waals surface area (Å²) in [6.45, 7) is 3.50. The van der Waals surface area contributed by atoms with Crippen LogP contribution >= 0.6 is 0 Å². The molecule has 6 nitrogen and oxygen atoms in total. The highest BCUT2D eigenvalue weighted by atomic mass is 16.2. The van der Waals surface area contributed by atoms with Crippen molar-refractivity contribution in [1.29, 1.82) is 0 Å². The number of aromatic amines is 1. The van der Waals surface area contributed by atoms with Crippen LogP contribution in [0.15, 0.2) is 47.4 Å². The van der Waals surface area contributed by atoms with Gasteiger partial charge in [0.15, 0.2) is 0 Å². The number of rotatable bonds is 5. The van der Waals surface area contributed by atoms with E-state index in [4.69, 9.17) is 0 Å². The molecule has 1 N–H and O–H groups in total. The Morgan fingerprint density at radius 2 is 1.86 bits per heavy atom. The van der Waals surface area contributed by atoms with Gasteiger partial charge in [-0.2, -0.15) is 5.10 Å². The minimum atomic E-state index is -0.181. The first kappa shape index (κ1) is 19.7. The van der Waals surface area contributed by atoms with Crippen molar-refractivity contribution in [1.82, 2.24) is 15.1 Å². The molecule has 2 aliphatic rings. The summed E-state index contributed by atoms with van der Waals surface area (Å²) in [7, 11) is 0. The van der Waals surface area contributed by atoms with Gasteiger partial charge in [-0.25, -0.2) is 5.10 Å². The second kappa shape index (κ2) is 9.25. The van der Waals surface area contributed by atoms with Gasteiger partial charge in [0, 0.05) is 38.7 Å². The Bertz CT molecular complexity index is 858. The zero-order valence-electron chi connectivity index (χ0n) is 16.9. The van der Waals surface area contributed by atoms with Gasteiger partial charge in [-0.15, -0.1) is 0 Å². The van der Waals surface area contributed by atoms with Gasteiger partial charge in [-0.1, -0.05) is 30.3 Å². The van der Waals surface area contributed by atoms with Crippen LogP contribution < -0.4 is 10.5 Å². The highest BCUT2D eigenvalue weighted by molar-refractivity contribution is 5.76. The second-order valence-electron chi connectivity index (χ2n) is 8.48. The Balaban J connectivity index is 1.26. The number of hydrogen-bond acceptors (Lipinski definition) is 4. The summed E-state index contributed by atoms with van der Waals surface area (Å²) in [6.07, 6.45) is 7.73. The number of H-pyrrole nitrogens is 1.